The van der Waals surface area contributed by atoms with Gasteiger partial charge in [0, 0.05) is 16.7 Å². The Morgan fingerprint density at radius 3 is 2.07 bits per heavy atom. The molecule has 41 heavy (non-hydrogen) atoms. The minimum absolute atomic E-state index is 0.328. The quantitative estimate of drug-likeness (QED) is 0.154. The average molecular weight is 556 g/mol. The summed E-state index contributed by atoms with van der Waals surface area (Å²) in [7, 11) is 1.54. The van der Waals surface area contributed by atoms with Gasteiger partial charge < -0.3 is 20.5 Å². The minimum Gasteiger partial charge on any atom is -0.494 e. The molecule has 0 saturated heterocycles. The summed E-state index contributed by atoms with van der Waals surface area (Å²) >= 11 is 0. The number of pyridine rings is 1. The number of ether oxygens (including phenoxy) is 2. The lowest BCUT2D eigenvalue weighted by Crippen LogP contribution is -2.47. The number of hydrogen-bond acceptors (Lipinski definition) is 5. The zero-order valence-electron chi connectivity index (χ0n) is 25.1. The Hall–Kier alpha value is -4.39. The standard InChI is InChI=1S/C34H41N3O4/c1-8-23(31(35)38)22-29(40-7)28-21-20-27(24-14-12-11-13-15-24)30(36-28)25-16-18-26(19-17-25)34(9-2,10-3)37-32(39)41-33(4,5)6/h8,11-22H,9-10H2,1-7H3,(H2,35,38)(H,37,39)/b23-8+,29-22+. The molecule has 3 N–H and O–H groups in total. The maximum atomic E-state index is 12.7. The van der Waals surface area contributed by atoms with Crippen molar-refractivity contribution < 1.29 is 19.1 Å². The van der Waals surface area contributed by atoms with E-state index in [2.05, 4.69) is 19.2 Å². The van der Waals surface area contributed by atoms with Crippen LogP contribution in [0.4, 0.5) is 4.79 Å². The fourth-order valence-corrected chi connectivity index (χ4v) is 4.70. The maximum Gasteiger partial charge on any atom is 0.408 e. The van der Waals surface area contributed by atoms with Gasteiger partial charge in [0.25, 0.3) is 0 Å². The molecule has 0 fully saturated rings. The van der Waals surface area contributed by atoms with Crippen molar-refractivity contribution in [1.29, 1.82) is 0 Å². The van der Waals surface area contributed by atoms with E-state index in [1.54, 1.807) is 19.1 Å². The number of nitrogens with two attached hydrogens (primary N) is 1. The zero-order chi connectivity index (χ0) is 30.2. The molecule has 0 spiro atoms. The molecular formula is C34H41N3O4. The molecule has 1 heterocycles. The van der Waals surface area contributed by atoms with Crippen LogP contribution in [0.25, 0.3) is 28.1 Å². The number of rotatable bonds is 10. The van der Waals surface area contributed by atoms with Gasteiger partial charge in [0.15, 0.2) is 0 Å². The Labute approximate surface area is 243 Å². The summed E-state index contributed by atoms with van der Waals surface area (Å²) < 4.78 is 11.2. The number of nitrogens with one attached hydrogen (secondary N) is 1. The zero-order valence-corrected chi connectivity index (χ0v) is 25.1. The van der Waals surface area contributed by atoms with Gasteiger partial charge in [-0.1, -0.05) is 74.5 Å². The van der Waals surface area contributed by atoms with Crippen LogP contribution in [0.5, 0.6) is 0 Å². The molecule has 0 atom stereocenters. The van der Waals surface area contributed by atoms with E-state index in [-0.39, 0.29) is 0 Å². The first-order valence-electron chi connectivity index (χ1n) is 13.9. The number of carbonyl (C=O) groups excluding carboxylic acids is 2. The van der Waals surface area contributed by atoms with Crippen LogP contribution in [0.3, 0.4) is 0 Å². The molecule has 3 aromatic rings. The monoisotopic (exact) mass is 555 g/mol. The van der Waals surface area contributed by atoms with E-state index in [9.17, 15) is 9.59 Å². The second-order valence-corrected chi connectivity index (χ2v) is 10.8. The number of allylic oxidation sites excluding steroid dienone is 1. The summed E-state index contributed by atoms with van der Waals surface area (Å²) in [5.41, 5.74) is 9.83. The first-order chi connectivity index (χ1) is 19.5. The average Bonchev–Trinajstić information content (AvgIpc) is 2.96. The molecule has 2 amide bonds. The Balaban J connectivity index is 2.11. The molecule has 0 unspecified atom stereocenters. The Kier molecular flexibility index (Phi) is 10.1. The van der Waals surface area contributed by atoms with E-state index in [1.807, 2.05) is 87.5 Å². The van der Waals surface area contributed by atoms with Gasteiger partial charge in [-0.2, -0.15) is 0 Å². The smallest absolute Gasteiger partial charge is 0.408 e. The van der Waals surface area contributed by atoms with Gasteiger partial charge >= 0.3 is 6.09 Å². The summed E-state index contributed by atoms with van der Waals surface area (Å²) in [5.74, 6) is -0.124. The van der Waals surface area contributed by atoms with Gasteiger partial charge in [0.2, 0.25) is 5.91 Å². The van der Waals surface area contributed by atoms with Crippen molar-refractivity contribution in [2.75, 3.05) is 7.11 Å². The second-order valence-electron chi connectivity index (χ2n) is 10.8. The highest BCUT2D eigenvalue weighted by Crippen LogP contribution is 2.35. The highest BCUT2D eigenvalue weighted by Gasteiger charge is 2.32. The molecule has 0 bridgehead atoms. The lowest BCUT2D eigenvalue weighted by molar-refractivity contribution is -0.114. The number of benzene rings is 2. The van der Waals surface area contributed by atoms with E-state index < -0.39 is 23.1 Å². The Morgan fingerprint density at radius 2 is 1.56 bits per heavy atom. The first-order valence-corrected chi connectivity index (χ1v) is 13.9. The number of primary amides is 1. The number of carbonyl (C=O) groups is 2. The summed E-state index contributed by atoms with van der Waals surface area (Å²) in [5, 5.41) is 3.12. The van der Waals surface area contributed by atoms with Crippen LogP contribution in [0, 0.1) is 0 Å². The first kappa shape index (κ1) is 31.1. The molecule has 3 rings (SSSR count). The van der Waals surface area contributed by atoms with Crippen LogP contribution in [0.2, 0.25) is 0 Å². The van der Waals surface area contributed by atoms with Crippen molar-refractivity contribution in [2.45, 2.75) is 65.5 Å². The summed E-state index contributed by atoms with van der Waals surface area (Å²) in [6, 6.07) is 22.0. The molecule has 2 aromatic carbocycles. The lowest BCUT2D eigenvalue weighted by atomic mass is 9.84. The van der Waals surface area contributed by atoms with E-state index in [4.69, 9.17) is 20.2 Å². The predicted octanol–water partition coefficient (Wildman–Crippen LogP) is 7.37. The van der Waals surface area contributed by atoms with Crippen molar-refractivity contribution >= 4 is 17.8 Å². The molecule has 7 heteroatoms. The summed E-state index contributed by atoms with van der Waals surface area (Å²) in [6.45, 7) is 11.4. The van der Waals surface area contributed by atoms with Gasteiger partial charge in [-0.15, -0.1) is 0 Å². The highest BCUT2D eigenvalue weighted by molar-refractivity contribution is 5.96. The molecule has 0 aliphatic heterocycles. The number of hydrogen-bond donors (Lipinski definition) is 2. The molecule has 0 aliphatic rings. The normalized spacial score (nSPS) is 12.6. The summed E-state index contributed by atoms with van der Waals surface area (Å²) in [4.78, 5) is 29.6. The molecule has 1 aromatic heterocycles. The SMILES string of the molecule is C/C=C(\C=C(\OC)c1ccc(-c2ccccc2)c(-c2ccc(C(CC)(CC)NC(=O)OC(C)(C)C)cc2)n1)C(N)=O. The number of methoxy groups -OCH3 is 1. The Morgan fingerprint density at radius 1 is 0.927 bits per heavy atom. The van der Waals surface area contributed by atoms with Crippen LogP contribution >= 0.6 is 0 Å². The van der Waals surface area contributed by atoms with E-state index >= 15 is 0 Å². The third-order valence-electron chi connectivity index (χ3n) is 6.99. The van der Waals surface area contributed by atoms with Crippen LogP contribution in [-0.4, -0.2) is 29.7 Å². The molecule has 0 saturated carbocycles. The number of aromatic nitrogens is 1. The topological polar surface area (TPSA) is 104 Å². The van der Waals surface area contributed by atoms with E-state index in [0.717, 1.165) is 27.9 Å². The summed E-state index contributed by atoms with van der Waals surface area (Å²) in [6.07, 6.45) is 4.18. The molecule has 0 aliphatic carbocycles. The molecule has 7 nitrogen and oxygen atoms in total. The van der Waals surface area contributed by atoms with Gasteiger partial charge in [0.05, 0.1) is 18.3 Å². The van der Waals surface area contributed by atoms with Crippen molar-refractivity contribution in [3.8, 4) is 22.4 Å². The largest absolute Gasteiger partial charge is 0.494 e. The van der Waals surface area contributed by atoms with Crippen molar-refractivity contribution in [3.05, 3.63) is 95.7 Å². The van der Waals surface area contributed by atoms with Gasteiger partial charge in [0.1, 0.15) is 17.1 Å². The van der Waals surface area contributed by atoms with Gasteiger partial charge in [-0.05, 0) is 69.9 Å². The van der Waals surface area contributed by atoms with Gasteiger partial charge in [-0.3, -0.25) is 4.79 Å². The molecule has 216 valence electrons. The third-order valence-corrected chi connectivity index (χ3v) is 6.99. The van der Waals surface area contributed by atoms with Gasteiger partial charge in [-0.25, -0.2) is 9.78 Å². The maximum absolute atomic E-state index is 12.7. The van der Waals surface area contributed by atoms with Crippen LogP contribution in [-0.2, 0) is 19.8 Å². The van der Waals surface area contributed by atoms with E-state index in [1.165, 1.54) is 7.11 Å². The van der Waals surface area contributed by atoms with Crippen LogP contribution in [0.15, 0.2) is 84.5 Å². The van der Waals surface area contributed by atoms with Crippen LogP contribution < -0.4 is 11.1 Å². The predicted molar refractivity (Wildman–Crippen MR) is 165 cm³/mol. The highest BCUT2D eigenvalue weighted by atomic mass is 16.6. The number of nitrogens with zero attached hydrogens (tertiary/aromatic N) is 1. The fraction of sp³-hybridized carbons (Fsp3) is 0.324. The van der Waals surface area contributed by atoms with Crippen molar-refractivity contribution in [3.63, 3.8) is 0 Å². The van der Waals surface area contributed by atoms with E-state index in [0.29, 0.717) is 29.9 Å². The molecule has 0 radical (unpaired) electrons. The fourth-order valence-electron chi connectivity index (χ4n) is 4.70. The third kappa shape index (κ3) is 7.63. The number of amides is 2. The minimum atomic E-state index is -0.591. The van der Waals surface area contributed by atoms with Crippen molar-refractivity contribution in [1.82, 2.24) is 10.3 Å². The molecular weight excluding hydrogens is 514 g/mol. The second kappa shape index (κ2) is 13.3. The number of alkyl carbamates (subject to hydrolysis) is 1. The van der Waals surface area contributed by atoms with Crippen LogP contribution in [0.1, 0.15) is 65.6 Å². The van der Waals surface area contributed by atoms with Crippen molar-refractivity contribution in [2.24, 2.45) is 5.73 Å². The Bertz CT molecular complexity index is 1410. The lowest BCUT2D eigenvalue weighted by Gasteiger charge is -2.34.